The van der Waals surface area contributed by atoms with Crippen molar-refractivity contribution >= 4 is 23.5 Å². The molecule has 0 amide bonds. The molecule has 1 fully saturated rings. The zero-order chi connectivity index (χ0) is 29.1. The number of aliphatic carboxylic acids is 2. The van der Waals surface area contributed by atoms with Crippen LogP contribution in [-0.2, 0) is 19.9 Å². The highest BCUT2D eigenvalue weighted by Gasteiger charge is 2.41. The van der Waals surface area contributed by atoms with Crippen LogP contribution in [0.4, 0.5) is 0 Å². The Kier molecular flexibility index (Phi) is 11.7. The Hall–Kier alpha value is -3.27. The summed E-state index contributed by atoms with van der Waals surface area (Å²) in [4.78, 5) is 20.5. The number of likely N-dealkylation sites (tertiary alicyclic amines) is 1. The number of ether oxygens (including phenoxy) is 1. The number of aliphatic hydroxyl groups excluding tert-OH is 1. The molecule has 2 atom stereocenters. The molecule has 2 unspecified atom stereocenters. The molecule has 1 aliphatic heterocycles. The SMILES string of the molecule is CC(OCC(O)CN1CCC(C(O)(c2ccccc2)c2ccccc2)CC1)c1ccc(Cl)cc1.O=C(O)C(=O)O. The van der Waals surface area contributed by atoms with Crippen LogP contribution in [0.15, 0.2) is 84.9 Å². The number of benzene rings is 3. The van der Waals surface area contributed by atoms with Gasteiger partial charge in [0.2, 0.25) is 0 Å². The van der Waals surface area contributed by atoms with Gasteiger partial charge in [-0.15, -0.1) is 0 Å². The summed E-state index contributed by atoms with van der Waals surface area (Å²) in [5.74, 6) is -3.54. The van der Waals surface area contributed by atoms with Gasteiger partial charge in [0, 0.05) is 11.6 Å². The predicted molar refractivity (Wildman–Crippen MR) is 152 cm³/mol. The Balaban J connectivity index is 0.000000663. The number of carbonyl (C=O) groups is 2. The van der Waals surface area contributed by atoms with Gasteiger partial charge in [0.1, 0.15) is 5.60 Å². The quantitative estimate of drug-likeness (QED) is 0.276. The molecule has 1 aliphatic rings. The largest absolute Gasteiger partial charge is 0.473 e. The summed E-state index contributed by atoms with van der Waals surface area (Å²) in [6.07, 6.45) is 1.04. The molecule has 214 valence electrons. The van der Waals surface area contributed by atoms with Crippen molar-refractivity contribution in [2.75, 3.05) is 26.2 Å². The Morgan fingerprint density at radius 3 is 1.82 bits per heavy atom. The molecule has 0 spiro atoms. The third kappa shape index (κ3) is 8.61. The number of β-amino-alcohol motifs (C(OH)–C–C–N with tert-alkyl or cyclic N) is 1. The van der Waals surface area contributed by atoms with Crippen molar-refractivity contribution in [1.29, 1.82) is 0 Å². The molecule has 0 aromatic heterocycles. The van der Waals surface area contributed by atoms with Crippen LogP contribution in [-0.4, -0.2) is 69.6 Å². The summed E-state index contributed by atoms with van der Waals surface area (Å²) >= 11 is 5.96. The van der Waals surface area contributed by atoms with E-state index in [1.54, 1.807) is 0 Å². The van der Waals surface area contributed by atoms with Crippen molar-refractivity contribution in [3.8, 4) is 0 Å². The second-order valence-electron chi connectivity index (χ2n) is 9.86. The van der Waals surface area contributed by atoms with Crippen LogP contribution in [0.1, 0.15) is 42.6 Å². The summed E-state index contributed by atoms with van der Waals surface area (Å²) in [7, 11) is 0. The minimum absolute atomic E-state index is 0.104. The number of carboxylic acids is 2. The number of piperidine rings is 1. The normalized spacial score (nSPS) is 15.9. The lowest BCUT2D eigenvalue weighted by Crippen LogP contribution is -2.46. The molecule has 3 aromatic carbocycles. The van der Waals surface area contributed by atoms with Crippen LogP contribution >= 0.6 is 11.6 Å². The Morgan fingerprint density at radius 1 is 0.900 bits per heavy atom. The first kappa shape index (κ1) is 31.3. The van der Waals surface area contributed by atoms with Gasteiger partial charge >= 0.3 is 11.9 Å². The minimum Gasteiger partial charge on any atom is -0.473 e. The smallest absolute Gasteiger partial charge is 0.414 e. The molecule has 40 heavy (non-hydrogen) atoms. The molecule has 3 aromatic rings. The summed E-state index contributed by atoms with van der Waals surface area (Å²) in [6.45, 7) is 4.49. The van der Waals surface area contributed by atoms with Crippen molar-refractivity contribution in [3.63, 3.8) is 0 Å². The topological polar surface area (TPSA) is 128 Å². The first-order chi connectivity index (χ1) is 19.1. The summed E-state index contributed by atoms with van der Waals surface area (Å²) in [6, 6.07) is 27.6. The molecular weight excluding hydrogens is 534 g/mol. The molecule has 0 saturated carbocycles. The Labute approximate surface area is 239 Å². The van der Waals surface area contributed by atoms with Crippen LogP contribution in [0.5, 0.6) is 0 Å². The van der Waals surface area contributed by atoms with Crippen molar-refractivity contribution in [2.45, 2.75) is 37.6 Å². The lowest BCUT2D eigenvalue weighted by atomic mass is 9.72. The lowest BCUT2D eigenvalue weighted by molar-refractivity contribution is -0.159. The molecule has 4 N–H and O–H groups in total. The number of hydrogen-bond acceptors (Lipinski definition) is 6. The summed E-state index contributed by atoms with van der Waals surface area (Å²) < 4.78 is 5.90. The van der Waals surface area contributed by atoms with Gasteiger partial charge in [-0.2, -0.15) is 0 Å². The number of hydrogen-bond donors (Lipinski definition) is 4. The maximum absolute atomic E-state index is 12.0. The second-order valence-corrected chi connectivity index (χ2v) is 10.3. The fraction of sp³-hybridized carbons (Fsp3) is 0.355. The van der Waals surface area contributed by atoms with Gasteiger partial charge in [-0.3, -0.25) is 0 Å². The average molecular weight is 570 g/mol. The van der Waals surface area contributed by atoms with E-state index in [2.05, 4.69) is 4.90 Å². The van der Waals surface area contributed by atoms with E-state index in [9.17, 15) is 10.2 Å². The average Bonchev–Trinajstić information content (AvgIpc) is 2.97. The van der Waals surface area contributed by atoms with Crippen molar-refractivity contribution < 1.29 is 34.8 Å². The molecule has 4 rings (SSSR count). The van der Waals surface area contributed by atoms with E-state index in [1.165, 1.54) is 0 Å². The molecule has 0 radical (unpaired) electrons. The molecular formula is C31H36ClNO7. The third-order valence-electron chi connectivity index (χ3n) is 7.14. The van der Waals surface area contributed by atoms with E-state index in [0.29, 0.717) is 11.6 Å². The summed E-state index contributed by atoms with van der Waals surface area (Å²) in [5, 5.41) is 38.1. The van der Waals surface area contributed by atoms with Crippen LogP contribution in [0.3, 0.4) is 0 Å². The van der Waals surface area contributed by atoms with Gasteiger partial charge in [0.15, 0.2) is 0 Å². The zero-order valence-corrected chi connectivity index (χ0v) is 23.2. The standard InChI is InChI=1S/C29H34ClNO3.C2H2O4/c1-22(23-12-14-27(30)15-13-23)34-21-28(32)20-31-18-16-26(17-19-31)29(33,24-8-4-2-5-9-24)25-10-6-3-7-11-25;3-1(4)2(5)6/h2-15,22,26,28,32-33H,16-21H2,1H3;(H,3,4)(H,5,6). The first-order valence-corrected chi connectivity index (χ1v) is 13.6. The molecule has 0 aliphatic carbocycles. The van der Waals surface area contributed by atoms with Gasteiger partial charge in [-0.25, -0.2) is 9.59 Å². The predicted octanol–water partition coefficient (Wildman–Crippen LogP) is 4.58. The first-order valence-electron chi connectivity index (χ1n) is 13.2. The van der Waals surface area contributed by atoms with Crippen LogP contribution in [0.25, 0.3) is 0 Å². The van der Waals surface area contributed by atoms with Gasteiger partial charge in [0.05, 0.1) is 18.8 Å². The number of aliphatic hydroxyl groups is 2. The van der Waals surface area contributed by atoms with E-state index >= 15 is 0 Å². The molecule has 8 nitrogen and oxygen atoms in total. The van der Waals surface area contributed by atoms with Gasteiger partial charge in [0.25, 0.3) is 0 Å². The Morgan fingerprint density at radius 2 is 1.38 bits per heavy atom. The lowest BCUT2D eigenvalue weighted by Gasteiger charge is -2.42. The highest BCUT2D eigenvalue weighted by molar-refractivity contribution is 6.30. The number of halogens is 1. The zero-order valence-electron chi connectivity index (χ0n) is 22.4. The highest BCUT2D eigenvalue weighted by Crippen LogP contribution is 2.41. The van der Waals surface area contributed by atoms with Crippen LogP contribution in [0, 0.1) is 5.92 Å². The fourth-order valence-corrected chi connectivity index (χ4v) is 5.12. The van der Waals surface area contributed by atoms with E-state index < -0.39 is 23.6 Å². The van der Waals surface area contributed by atoms with E-state index in [0.717, 1.165) is 42.6 Å². The molecule has 1 saturated heterocycles. The monoisotopic (exact) mass is 569 g/mol. The van der Waals surface area contributed by atoms with Gasteiger partial charge in [-0.1, -0.05) is 84.4 Å². The van der Waals surface area contributed by atoms with Gasteiger partial charge < -0.3 is 30.1 Å². The third-order valence-corrected chi connectivity index (χ3v) is 7.39. The number of carboxylic acid groups (broad SMARTS) is 2. The van der Waals surface area contributed by atoms with Crippen molar-refractivity contribution in [3.05, 3.63) is 107 Å². The second kappa shape index (κ2) is 14.9. The Bertz CT molecular complexity index is 1150. The van der Waals surface area contributed by atoms with Crippen molar-refractivity contribution in [1.82, 2.24) is 4.90 Å². The van der Waals surface area contributed by atoms with E-state index in [4.69, 9.17) is 36.1 Å². The molecule has 1 heterocycles. The van der Waals surface area contributed by atoms with E-state index in [1.807, 2.05) is 91.9 Å². The minimum atomic E-state index is -1.82. The molecule has 0 bridgehead atoms. The van der Waals surface area contributed by atoms with Crippen LogP contribution < -0.4 is 0 Å². The maximum Gasteiger partial charge on any atom is 0.414 e. The summed E-state index contributed by atoms with van der Waals surface area (Å²) in [5.41, 5.74) is 1.89. The van der Waals surface area contributed by atoms with Crippen molar-refractivity contribution in [2.24, 2.45) is 5.92 Å². The maximum atomic E-state index is 12.0. The molecule has 9 heteroatoms. The van der Waals surface area contributed by atoms with Gasteiger partial charge in [-0.05, 0) is 67.6 Å². The number of rotatable bonds is 9. The fourth-order valence-electron chi connectivity index (χ4n) is 4.99. The number of nitrogens with zero attached hydrogens (tertiary/aromatic N) is 1. The highest BCUT2D eigenvalue weighted by atomic mass is 35.5. The van der Waals surface area contributed by atoms with E-state index in [-0.39, 0.29) is 18.6 Å². The van der Waals surface area contributed by atoms with Crippen LogP contribution in [0.2, 0.25) is 5.02 Å².